The predicted molar refractivity (Wildman–Crippen MR) is 108 cm³/mol. The lowest BCUT2D eigenvalue weighted by Crippen LogP contribution is -2.51. The van der Waals surface area contributed by atoms with Crippen LogP contribution in [0.3, 0.4) is 0 Å². The van der Waals surface area contributed by atoms with Crippen LogP contribution in [0.5, 0.6) is 11.5 Å². The third-order valence-corrected chi connectivity index (χ3v) is 4.49. The molecule has 1 aromatic carbocycles. The maximum Gasteiger partial charge on any atom is 0.321 e. The summed E-state index contributed by atoms with van der Waals surface area (Å²) >= 11 is 0. The Morgan fingerprint density at radius 1 is 1.04 bits per heavy atom. The van der Waals surface area contributed by atoms with Gasteiger partial charge in [0.05, 0.1) is 13.7 Å². The van der Waals surface area contributed by atoms with Crippen molar-refractivity contribution >= 4 is 11.9 Å². The van der Waals surface area contributed by atoms with Gasteiger partial charge in [0, 0.05) is 39.3 Å². The topological polar surface area (TPSA) is 83.1 Å². The second-order valence-corrected chi connectivity index (χ2v) is 7.29. The molecule has 0 atom stereocenters. The van der Waals surface area contributed by atoms with Crippen LogP contribution in [-0.2, 0) is 4.79 Å². The van der Waals surface area contributed by atoms with Crippen LogP contribution in [0.25, 0.3) is 0 Å². The molecule has 8 heteroatoms. The number of nitrogens with one attached hydrogen (secondary N) is 2. The van der Waals surface area contributed by atoms with Gasteiger partial charge in [0.25, 0.3) is 0 Å². The SMILES string of the molecule is COc1ccc(OCCN2CCN(CC(=O)NC(=O)NCC(C)C)CC2)cc1. The summed E-state index contributed by atoms with van der Waals surface area (Å²) in [5.74, 6) is 1.72. The lowest BCUT2D eigenvalue weighted by atomic mass is 10.2. The van der Waals surface area contributed by atoms with Gasteiger partial charge in [-0.2, -0.15) is 0 Å². The van der Waals surface area contributed by atoms with Crippen molar-refractivity contribution in [1.29, 1.82) is 0 Å². The van der Waals surface area contributed by atoms with E-state index in [0.29, 0.717) is 19.1 Å². The number of nitrogens with zero attached hydrogens (tertiary/aromatic N) is 2. The Labute approximate surface area is 167 Å². The van der Waals surface area contributed by atoms with Gasteiger partial charge < -0.3 is 14.8 Å². The Kier molecular flexibility index (Phi) is 9.03. The van der Waals surface area contributed by atoms with Crippen LogP contribution in [0.15, 0.2) is 24.3 Å². The van der Waals surface area contributed by atoms with Crippen molar-refractivity contribution in [1.82, 2.24) is 20.4 Å². The molecule has 0 saturated carbocycles. The summed E-state index contributed by atoms with van der Waals surface area (Å²) in [6.45, 7) is 9.59. The third kappa shape index (κ3) is 8.14. The Balaban J connectivity index is 1.59. The summed E-state index contributed by atoms with van der Waals surface area (Å²) in [5.41, 5.74) is 0. The van der Waals surface area contributed by atoms with Crippen LogP contribution >= 0.6 is 0 Å². The number of urea groups is 1. The van der Waals surface area contributed by atoms with Gasteiger partial charge in [-0.1, -0.05) is 13.8 Å². The van der Waals surface area contributed by atoms with Crippen molar-refractivity contribution < 1.29 is 19.1 Å². The molecule has 0 radical (unpaired) electrons. The van der Waals surface area contributed by atoms with Crippen molar-refractivity contribution in [3.05, 3.63) is 24.3 Å². The average Bonchev–Trinajstić information content (AvgIpc) is 2.68. The lowest BCUT2D eigenvalue weighted by Gasteiger charge is -2.34. The molecule has 1 aliphatic heterocycles. The minimum absolute atomic E-state index is 0.241. The smallest absolute Gasteiger partial charge is 0.321 e. The number of hydrogen-bond acceptors (Lipinski definition) is 6. The molecule has 1 saturated heterocycles. The first-order chi connectivity index (χ1) is 13.5. The van der Waals surface area contributed by atoms with E-state index in [4.69, 9.17) is 9.47 Å². The molecule has 1 aliphatic rings. The molecule has 8 nitrogen and oxygen atoms in total. The minimum Gasteiger partial charge on any atom is -0.497 e. The fraction of sp³-hybridized carbons (Fsp3) is 0.600. The highest BCUT2D eigenvalue weighted by atomic mass is 16.5. The highest BCUT2D eigenvalue weighted by Crippen LogP contribution is 2.16. The first-order valence-corrected chi connectivity index (χ1v) is 9.75. The number of amides is 3. The molecule has 2 N–H and O–H groups in total. The third-order valence-electron chi connectivity index (χ3n) is 4.49. The van der Waals surface area contributed by atoms with Crippen molar-refractivity contribution in [3.8, 4) is 11.5 Å². The van der Waals surface area contributed by atoms with E-state index in [2.05, 4.69) is 20.4 Å². The number of methoxy groups -OCH3 is 1. The Bertz CT molecular complexity index is 613. The average molecular weight is 393 g/mol. The molecule has 0 spiro atoms. The molecule has 0 bridgehead atoms. The first kappa shape index (κ1) is 22.0. The summed E-state index contributed by atoms with van der Waals surface area (Å²) in [6.07, 6.45) is 0. The zero-order valence-electron chi connectivity index (χ0n) is 17.1. The molecule has 1 aromatic rings. The van der Waals surface area contributed by atoms with Gasteiger partial charge in [-0.3, -0.25) is 19.9 Å². The molecule has 1 heterocycles. The zero-order chi connectivity index (χ0) is 20.4. The number of benzene rings is 1. The second-order valence-electron chi connectivity index (χ2n) is 7.29. The molecule has 28 heavy (non-hydrogen) atoms. The van der Waals surface area contributed by atoms with Crippen molar-refractivity contribution in [3.63, 3.8) is 0 Å². The van der Waals surface area contributed by atoms with Gasteiger partial charge in [0.1, 0.15) is 18.1 Å². The number of ether oxygens (including phenoxy) is 2. The second kappa shape index (κ2) is 11.5. The van der Waals surface area contributed by atoms with Gasteiger partial charge in [-0.25, -0.2) is 4.79 Å². The molecule has 1 fully saturated rings. The number of hydrogen-bond donors (Lipinski definition) is 2. The number of piperazine rings is 1. The summed E-state index contributed by atoms with van der Waals surface area (Å²) in [4.78, 5) is 28.0. The molecule has 0 aromatic heterocycles. The van der Waals surface area contributed by atoms with E-state index in [0.717, 1.165) is 44.2 Å². The standard InChI is InChI=1S/C20H32N4O4/c1-16(2)14-21-20(26)22-19(25)15-24-10-8-23(9-11-24)12-13-28-18-6-4-17(27-3)5-7-18/h4-7,16H,8-15H2,1-3H3,(H2,21,22,25,26). The molecular weight excluding hydrogens is 360 g/mol. The first-order valence-electron chi connectivity index (χ1n) is 9.75. The Hall–Kier alpha value is -2.32. The quantitative estimate of drug-likeness (QED) is 0.657. The molecule has 3 amide bonds. The van der Waals surface area contributed by atoms with Crippen LogP contribution < -0.4 is 20.1 Å². The van der Waals surface area contributed by atoms with E-state index in [-0.39, 0.29) is 12.5 Å². The Morgan fingerprint density at radius 3 is 2.25 bits per heavy atom. The number of rotatable bonds is 9. The van der Waals surface area contributed by atoms with Crippen molar-refractivity contribution in [2.24, 2.45) is 5.92 Å². The van der Waals surface area contributed by atoms with E-state index < -0.39 is 6.03 Å². The van der Waals surface area contributed by atoms with Crippen molar-refractivity contribution in [2.45, 2.75) is 13.8 Å². The van der Waals surface area contributed by atoms with E-state index in [1.807, 2.05) is 38.1 Å². The molecular formula is C20H32N4O4. The minimum atomic E-state index is -0.423. The summed E-state index contributed by atoms with van der Waals surface area (Å²) in [5, 5.41) is 5.06. The number of carbonyl (C=O) groups is 2. The van der Waals surface area contributed by atoms with Gasteiger partial charge in [-0.05, 0) is 30.2 Å². The molecule has 0 unspecified atom stereocenters. The summed E-state index contributed by atoms with van der Waals surface area (Å²) in [7, 11) is 1.64. The molecule has 2 rings (SSSR count). The summed E-state index contributed by atoms with van der Waals surface area (Å²) in [6, 6.07) is 7.12. The fourth-order valence-corrected chi connectivity index (χ4v) is 2.85. The molecule has 156 valence electrons. The van der Waals surface area contributed by atoms with E-state index >= 15 is 0 Å². The van der Waals surface area contributed by atoms with E-state index in [1.54, 1.807) is 7.11 Å². The largest absolute Gasteiger partial charge is 0.497 e. The predicted octanol–water partition coefficient (Wildman–Crippen LogP) is 1.17. The van der Waals surface area contributed by atoms with Crippen LogP contribution in [-0.4, -0.2) is 81.3 Å². The van der Waals surface area contributed by atoms with E-state index in [1.165, 1.54) is 0 Å². The van der Waals surface area contributed by atoms with Crippen LogP contribution in [0.4, 0.5) is 4.79 Å². The fourth-order valence-electron chi connectivity index (χ4n) is 2.85. The monoisotopic (exact) mass is 392 g/mol. The number of carbonyl (C=O) groups excluding carboxylic acids is 2. The molecule has 0 aliphatic carbocycles. The highest BCUT2D eigenvalue weighted by Gasteiger charge is 2.19. The maximum absolute atomic E-state index is 12.0. The zero-order valence-corrected chi connectivity index (χ0v) is 17.1. The highest BCUT2D eigenvalue weighted by molar-refractivity contribution is 5.95. The maximum atomic E-state index is 12.0. The number of imide groups is 1. The normalized spacial score (nSPS) is 15.3. The van der Waals surface area contributed by atoms with Crippen LogP contribution in [0.1, 0.15) is 13.8 Å². The summed E-state index contributed by atoms with van der Waals surface area (Å²) < 4.78 is 10.9. The van der Waals surface area contributed by atoms with Gasteiger partial charge in [0.2, 0.25) is 5.91 Å². The van der Waals surface area contributed by atoms with Gasteiger partial charge in [0.15, 0.2) is 0 Å². The van der Waals surface area contributed by atoms with Gasteiger partial charge >= 0.3 is 6.03 Å². The van der Waals surface area contributed by atoms with E-state index in [9.17, 15) is 9.59 Å². The lowest BCUT2D eigenvalue weighted by molar-refractivity contribution is -0.121. The Morgan fingerprint density at radius 2 is 1.64 bits per heavy atom. The van der Waals surface area contributed by atoms with Crippen LogP contribution in [0.2, 0.25) is 0 Å². The van der Waals surface area contributed by atoms with Crippen molar-refractivity contribution in [2.75, 3.05) is 59.5 Å². The van der Waals surface area contributed by atoms with Crippen LogP contribution in [0, 0.1) is 5.92 Å². The van der Waals surface area contributed by atoms with Gasteiger partial charge in [-0.15, -0.1) is 0 Å².